The molecule has 0 fully saturated rings. The van der Waals surface area contributed by atoms with Crippen LogP contribution in [0.5, 0.6) is 0 Å². The van der Waals surface area contributed by atoms with Gasteiger partial charge in [-0.3, -0.25) is 0 Å². The fourth-order valence-electron chi connectivity index (χ4n) is 0.989. The van der Waals surface area contributed by atoms with E-state index in [-0.39, 0.29) is 5.57 Å². The van der Waals surface area contributed by atoms with E-state index >= 15 is 0 Å². The summed E-state index contributed by atoms with van der Waals surface area (Å²) in [4.78, 5) is 10.8. The Bertz CT molecular complexity index is 354. The van der Waals surface area contributed by atoms with Crippen molar-refractivity contribution >= 4 is 27.5 Å². The number of hydrogen-bond donors (Lipinski definition) is 1. The summed E-state index contributed by atoms with van der Waals surface area (Å²) in [5, 5.41) is 8.87. The van der Waals surface area contributed by atoms with Gasteiger partial charge in [0.05, 0.1) is 13.4 Å². The van der Waals surface area contributed by atoms with Crippen molar-refractivity contribution in [3.05, 3.63) is 40.6 Å². The maximum absolute atomic E-state index is 10.8. The van der Waals surface area contributed by atoms with Crippen molar-refractivity contribution in [2.24, 2.45) is 0 Å². The van der Waals surface area contributed by atoms with E-state index in [1.165, 1.54) is 13.4 Å². The first-order valence-corrected chi connectivity index (χ1v) is 4.66. The summed E-state index contributed by atoms with van der Waals surface area (Å²) in [7, 11) is 1.42. The predicted octanol–water partition coefficient (Wildman–Crippen LogP) is 2.52. The van der Waals surface area contributed by atoms with Crippen molar-refractivity contribution in [2.45, 2.75) is 0 Å². The standard InChI is InChI=1S/C10H9BrO3/c1-14-6-9(10(12)13)7-2-4-8(11)5-3-7/h2-6H,1H3,(H,12,13). The first-order valence-electron chi connectivity index (χ1n) is 3.87. The highest BCUT2D eigenvalue weighted by molar-refractivity contribution is 9.10. The highest BCUT2D eigenvalue weighted by Gasteiger charge is 2.09. The van der Waals surface area contributed by atoms with Gasteiger partial charge < -0.3 is 9.84 Å². The van der Waals surface area contributed by atoms with Crippen LogP contribution in [-0.4, -0.2) is 18.2 Å². The maximum Gasteiger partial charge on any atom is 0.339 e. The molecule has 0 spiro atoms. The van der Waals surface area contributed by atoms with Crippen LogP contribution in [0.4, 0.5) is 0 Å². The number of rotatable bonds is 3. The second kappa shape index (κ2) is 4.81. The summed E-state index contributed by atoms with van der Waals surface area (Å²) in [6, 6.07) is 6.98. The molecule has 0 amide bonds. The normalized spacial score (nSPS) is 11.1. The zero-order chi connectivity index (χ0) is 10.6. The van der Waals surface area contributed by atoms with E-state index in [1.807, 2.05) is 0 Å². The number of aliphatic carboxylic acids is 1. The lowest BCUT2D eigenvalue weighted by molar-refractivity contribution is -0.130. The molecular weight excluding hydrogens is 248 g/mol. The zero-order valence-corrected chi connectivity index (χ0v) is 9.11. The van der Waals surface area contributed by atoms with E-state index in [0.29, 0.717) is 5.56 Å². The number of ether oxygens (including phenoxy) is 1. The van der Waals surface area contributed by atoms with Crippen LogP contribution < -0.4 is 0 Å². The van der Waals surface area contributed by atoms with Gasteiger partial charge in [-0.25, -0.2) is 4.79 Å². The van der Waals surface area contributed by atoms with Gasteiger partial charge in [-0.2, -0.15) is 0 Å². The van der Waals surface area contributed by atoms with Crippen molar-refractivity contribution < 1.29 is 14.6 Å². The zero-order valence-electron chi connectivity index (χ0n) is 7.53. The third kappa shape index (κ3) is 2.60. The van der Waals surface area contributed by atoms with Crippen molar-refractivity contribution in [1.29, 1.82) is 0 Å². The molecule has 14 heavy (non-hydrogen) atoms. The molecule has 3 nitrogen and oxygen atoms in total. The van der Waals surface area contributed by atoms with Gasteiger partial charge in [-0.15, -0.1) is 0 Å². The monoisotopic (exact) mass is 256 g/mol. The molecule has 0 atom stereocenters. The third-order valence-electron chi connectivity index (χ3n) is 1.62. The van der Waals surface area contributed by atoms with Gasteiger partial charge in [0.15, 0.2) is 0 Å². The van der Waals surface area contributed by atoms with E-state index in [2.05, 4.69) is 15.9 Å². The quantitative estimate of drug-likeness (QED) is 0.668. The Morgan fingerprint density at radius 3 is 2.43 bits per heavy atom. The van der Waals surface area contributed by atoms with E-state index < -0.39 is 5.97 Å². The fraction of sp³-hybridized carbons (Fsp3) is 0.100. The van der Waals surface area contributed by atoms with Crippen LogP contribution in [0.25, 0.3) is 5.57 Å². The minimum atomic E-state index is -1.01. The Morgan fingerprint density at radius 1 is 1.43 bits per heavy atom. The number of hydrogen-bond acceptors (Lipinski definition) is 2. The molecule has 0 saturated carbocycles. The lowest BCUT2D eigenvalue weighted by atomic mass is 10.1. The molecule has 4 heteroatoms. The second-order valence-electron chi connectivity index (χ2n) is 2.58. The maximum atomic E-state index is 10.8. The Hall–Kier alpha value is -1.29. The molecule has 1 N–H and O–H groups in total. The molecule has 0 aliphatic heterocycles. The number of halogens is 1. The molecule has 0 aromatic heterocycles. The summed E-state index contributed by atoms with van der Waals surface area (Å²) < 4.78 is 5.60. The molecular formula is C10H9BrO3. The van der Waals surface area contributed by atoms with Crippen molar-refractivity contribution in [3.63, 3.8) is 0 Å². The van der Waals surface area contributed by atoms with Gasteiger partial charge in [0, 0.05) is 4.47 Å². The molecule has 0 saturated heterocycles. The Morgan fingerprint density at radius 2 is 2.00 bits per heavy atom. The van der Waals surface area contributed by atoms with Crippen LogP contribution >= 0.6 is 15.9 Å². The lowest BCUT2D eigenvalue weighted by Gasteiger charge is -2.01. The van der Waals surface area contributed by atoms with Crippen LogP contribution in [0, 0.1) is 0 Å². The number of benzene rings is 1. The fourth-order valence-corrected chi connectivity index (χ4v) is 1.25. The van der Waals surface area contributed by atoms with Gasteiger partial charge in [0.25, 0.3) is 0 Å². The van der Waals surface area contributed by atoms with E-state index in [0.717, 1.165) is 4.47 Å². The van der Waals surface area contributed by atoms with E-state index in [9.17, 15) is 4.79 Å². The van der Waals surface area contributed by atoms with Crippen molar-refractivity contribution in [1.82, 2.24) is 0 Å². The smallest absolute Gasteiger partial charge is 0.339 e. The highest BCUT2D eigenvalue weighted by Crippen LogP contribution is 2.18. The molecule has 1 aromatic carbocycles. The number of carboxylic acids is 1. The molecule has 0 aliphatic carbocycles. The molecule has 0 aliphatic rings. The molecule has 0 unspecified atom stereocenters. The topological polar surface area (TPSA) is 46.5 Å². The minimum Gasteiger partial charge on any atom is -0.503 e. The first kappa shape index (κ1) is 10.8. The summed E-state index contributed by atoms with van der Waals surface area (Å²) in [6.45, 7) is 0. The van der Waals surface area contributed by atoms with Gasteiger partial charge in [-0.1, -0.05) is 28.1 Å². The largest absolute Gasteiger partial charge is 0.503 e. The van der Waals surface area contributed by atoms with Gasteiger partial charge >= 0.3 is 5.97 Å². The molecule has 0 bridgehead atoms. The molecule has 0 heterocycles. The second-order valence-corrected chi connectivity index (χ2v) is 3.49. The average molecular weight is 257 g/mol. The number of carboxylic acid groups (broad SMARTS) is 1. The van der Waals surface area contributed by atoms with Crippen LogP contribution in [0.15, 0.2) is 35.0 Å². The lowest BCUT2D eigenvalue weighted by Crippen LogP contribution is -1.99. The summed E-state index contributed by atoms with van der Waals surface area (Å²) in [5.74, 6) is -1.01. The van der Waals surface area contributed by atoms with Gasteiger partial charge in [-0.05, 0) is 17.7 Å². The highest BCUT2D eigenvalue weighted by atomic mass is 79.9. The van der Waals surface area contributed by atoms with Crippen molar-refractivity contribution in [3.8, 4) is 0 Å². The third-order valence-corrected chi connectivity index (χ3v) is 2.15. The number of methoxy groups -OCH3 is 1. The van der Waals surface area contributed by atoms with Crippen LogP contribution in [0.1, 0.15) is 5.56 Å². The number of carbonyl (C=O) groups is 1. The van der Waals surface area contributed by atoms with Crippen LogP contribution in [0.3, 0.4) is 0 Å². The molecule has 1 rings (SSSR count). The predicted molar refractivity (Wildman–Crippen MR) is 56.8 cm³/mol. The summed E-state index contributed by atoms with van der Waals surface area (Å²) in [5.41, 5.74) is 0.752. The Kier molecular flexibility index (Phi) is 3.71. The Balaban J connectivity index is 3.06. The van der Waals surface area contributed by atoms with Gasteiger partial charge in [0.2, 0.25) is 0 Å². The minimum absolute atomic E-state index is 0.139. The summed E-state index contributed by atoms with van der Waals surface area (Å²) >= 11 is 3.27. The average Bonchev–Trinajstić information content (AvgIpc) is 2.15. The van der Waals surface area contributed by atoms with Crippen LogP contribution in [-0.2, 0) is 9.53 Å². The molecule has 74 valence electrons. The summed E-state index contributed by atoms with van der Waals surface area (Å²) in [6.07, 6.45) is 1.21. The van der Waals surface area contributed by atoms with Gasteiger partial charge in [0.1, 0.15) is 5.57 Å². The molecule has 0 radical (unpaired) electrons. The molecule has 1 aromatic rings. The van der Waals surface area contributed by atoms with E-state index in [1.54, 1.807) is 24.3 Å². The van der Waals surface area contributed by atoms with E-state index in [4.69, 9.17) is 9.84 Å². The SMILES string of the molecule is COC=C(C(=O)O)c1ccc(Br)cc1. The van der Waals surface area contributed by atoms with Crippen LogP contribution in [0.2, 0.25) is 0 Å². The van der Waals surface area contributed by atoms with Crippen molar-refractivity contribution in [2.75, 3.05) is 7.11 Å². The Labute approximate surface area is 90.1 Å². The first-order chi connectivity index (χ1) is 6.65.